The lowest BCUT2D eigenvalue weighted by Gasteiger charge is -2.14. The zero-order chi connectivity index (χ0) is 28.0. The van der Waals surface area contributed by atoms with Crippen molar-refractivity contribution in [3.05, 3.63) is 75.5 Å². The number of ether oxygens (including phenoxy) is 1. The van der Waals surface area contributed by atoms with Gasteiger partial charge in [0.1, 0.15) is 5.75 Å². The number of halogens is 5. The number of anilines is 1. The van der Waals surface area contributed by atoms with Gasteiger partial charge in [0, 0.05) is 16.6 Å². The summed E-state index contributed by atoms with van der Waals surface area (Å²) in [7, 11) is 0. The van der Waals surface area contributed by atoms with Crippen LogP contribution in [0.5, 0.6) is 5.75 Å². The zero-order valence-electron chi connectivity index (χ0n) is 19.5. The summed E-state index contributed by atoms with van der Waals surface area (Å²) >= 11 is 14.1. The number of nitrogens with one attached hydrogen (secondary N) is 2. The van der Waals surface area contributed by atoms with Crippen LogP contribution in [0, 0.1) is 0 Å². The van der Waals surface area contributed by atoms with Gasteiger partial charge in [0.15, 0.2) is 22.7 Å². The zero-order valence-corrected chi connectivity index (χ0v) is 22.7. The van der Waals surface area contributed by atoms with Gasteiger partial charge >= 0.3 is 6.18 Å². The number of hydrogen-bond acceptors (Lipinski definition) is 8. The van der Waals surface area contributed by atoms with Gasteiger partial charge in [0.25, 0.3) is 5.91 Å². The Morgan fingerprint density at radius 2 is 1.92 bits per heavy atom. The van der Waals surface area contributed by atoms with Crippen LogP contribution in [0.25, 0.3) is 5.69 Å². The minimum Gasteiger partial charge on any atom is -0.482 e. The second-order valence-electron chi connectivity index (χ2n) is 7.60. The van der Waals surface area contributed by atoms with Crippen molar-refractivity contribution in [2.24, 2.45) is 0 Å². The van der Waals surface area contributed by atoms with Gasteiger partial charge in [0.05, 0.1) is 28.6 Å². The first kappa shape index (κ1) is 28.7. The third kappa shape index (κ3) is 7.85. The van der Waals surface area contributed by atoms with E-state index in [1.54, 1.807) is 11.4 Å². The molecule has 2 aromatic carbocycles. The van der Waals surface area contributed by atoms with E-state index in [1.807, 2.05) is 0 Å². The Bertz CT molecular complexity index is 1470. The predicted octanol–water partition coefficient (Wildman–Crippen LogP) is 5.48. The molecule has 2 aromatic heterocycles. The minimum absolute atomic E-state index is 0.103. The third-order valence-corrected chi connectivity index (χ3v) is 6.99. The smallest absolute Gasteiger partial charge is 0.416 e. The van der Waals surface area contributed by atoms with E-state index < -0.39 is 24.3 Å². The first-order chi connectivity index (χ1) is 18.6. The summed E-state index contributed by atoms with van der Waals surface area (Å²) in [5.74, 6) is -0.662. The molecule has 2 N–H and O–H groups in total. The monoisotopic (exact) mass is 616 g/mol. The lowest BCUT2D eigenvalue weighted by atomic mass is 10.2. The van der Waals surface area contributed by atoms with Crippen molar-refractivity contribution < 1.29 is 27.5 Å². The second-order valence-corrected chi connectivity index (χ2v) is 10.3. The maximum Gasteiger partial charge on any atom is 0.416 e. The van der Waals surface area contributed by atoms with Crippen LogP contribution in [0.2, 0.25) is 10.0 Å². The fraction of sp³-hybridized carbons (Fsp3) is 0.174. The molecule has 0 aliphatic rings. The van der Waals surface area contributed by atoms with Crippen LogP contribution in [-0.2, 0) is 22.3 Å². The topological polar surface area (TPSA) is 111 Å². The fourth-order valence-electron chi connectivity index (χ4n) is 3.12. The van der Waals surface area contributed by atoms with Crippen LogP contribution >= 0.6 is 46.3 Å². The lowest BCUT2D eigenvalue weighted by Crippen LogP contribution is -2.29. The van der Waals surface area contributed by atoms with Crippen LogP contribution in [0.3, 0.4) is 0 Å². The average Bonchev–Trinajstić information content (AvgIpc) is 3.55. The number of benzene rings is 2. The second kappa shape index (κ2) is 12.7. The van der Waals surface area contributed by atoms with E-state index in [0.717, 1.165) is 23.9 Å². The van der Waals surface area contributed by atoms with Gasteiger partial charge in [-0.05, 0) is 36.4 Å². The van der Waals surface area contributed by atoms with E-state index in [2.05, 4.69) is 25.8 Å². The quantitative estimate of drug-likeness (QED) is 0.227. The van der Waals surface area contributed by atoms with Crippen molar-refractivity contribution in [3.8, 4) is 11.4 Å². The molecule has 0 unspecified atom stereocenters. The Morgan fingerprint density at radius 3 is 2.64 bits per heavy atom. The van der Waals surface area contributed by atoms with Crippen LogP contribution < -0.4 is 15.4 Å². The predicted molar refractivity (Wildman–Crippen MR) is 142 cm³/mol. The maximum absolute atomic E-state index is 13.4. The summed E-state index contributed by atoms with van der Waals surface area (Å²) in [5, 5.41) is 16.1. The number of amides is 2. The number of thiazole rings is 1. The van der Waals surface area contributed by atoms with E-state index in [4.69, 9.17) is 27.9 Å². The van der Waals surface area contributed by atoms with Gasteiger partial charge in [-0.3, -0.25) is 14.2 Å². The number of thioether (sulfide) groups is 1. The number of aromatic nitrogens is 4. The number of nitrogens with zero attached hydrogens (tertiary/aromatic N) is 4. The highest BCUT2D eigenvalue weighted by Gasteiger charge is 2.31. The number of carbonyl (C=O) groups is 2. The molecule has 9 nitrogen and oxygen atoms in total. The molecule has 0 aliphatic heterocycles. The van der Waals surface area contributed by atoms with Gasteiger partial charge in [-0.2, -0.15) is 13.2 Å². The molecule has 2 heterocycles. The molecule has 0 spiro atoms. The molecule has 39 heavy (non-hydrogen) atoms. The van der Waals surface area contributed by atoms with Crippen molar-refractivity contribution in [1.29, 1.82) is 0 Å². The molecule has 16 heteroatoms. The van der Waals surface area contributed by atoms with Gasteiger partial charge in [0.2, 0.25) is 5.91 Å². The molecule has 0 aliphatic carbocycles. The number of hydrogen-bond donors (Lipinski definition) is 2. The minimum atomic E-state index is -4.58. The van der Waals surface area contributed by atoms with Crippen molar-refractivity contribution in [1.82, 2.24) is 25.1 Å². The Balaban J connectivity index is 1.49. The Kier molecular flexibility index (Phi) is 9.32. The number of alkyl halides is 3. The SMILES string of the molecule is O=C(COc1ccc(Cl)cc1Cl)NCc1nnc(SCC(=O)Nc2nccs2)n1-c1cccc(C(F)(F)F)c1. The molecule has 0 saturated heterocycles. The van der Waals surface area contributed by atoms with Crippen LogP contribution in [-0.4, -0.2) is 43.9 Å². The van der Waals surface area contributed by atoms with Gasteiger partial charge in [-0.15, -0.1) is 21.5 Å². The van der Waals surface area contributed by atoms with Crippen LogP contribution in [0.4, 0.5) is 18.3 Å². The highest BCUT2D eigenvalue weighted by molar-refractivity contribution is 7.99. The standard InChI is InChI=1S/C23H17Cl2F3N6O3S2/c24-14-4-5-17(16(25)9-14)37-11-19(35)30-10-18-32-33-22(39-12-20(36)31-21-29-6-7-38-21)34(18)15-3-1-2-13(8-15)23(26,27)28/h1-9H,10-12H2,(H,30,35)(H,29,31,36). The molecular weight excluding hydrogens is 600 g/mol. The maximum atomic E-state index is 13.4. The first-order valence-corrected chi connectivity index (χ1v) is 13.5. The molecule has 0 saturated carbocycles. The molecule has 0 atom stereocenters. The van der Waals surface area contributed by atoms with E-state index in [0.29, 0.717) is 10.2 Å². The summed E-state index contributed by atoms with van der Waals surface area (Å²) in [6.45, 7) is -0.580. The first-order valence-electron chi connectivity index (χ1n) is 10.9. The average molecular weight is 617 g/mol. The summed E-state index contributed by atoms with van der Waals surface area (Å²) in [6.07, 6.45) is -3.05. The molecule has 4 rings (SSSR count). The van der Waals surface area contributed by atoms with Crippen molar-refractivity contribution in [2.75, 3.05) is 17.7 Å². The van der Waals surface area contributed by atoms with Crippen molar-refractivity contribution in [3.63, 3.8) is 0 Å². The van der Waals surface area contributed by atoms with E-state index in [1.165, 1.54) is 46.4 Å². The Labute approximate surface area is 237 Å². The Hall–Kier alpha value is -3.33. The molecule has 0 bridgehead atoms. The van der Waals surface area contributed by atoms with Crippen molar-refractivity contribution >= 4 is 63.2 Å². The fourth-order valence-corrected chi connectivity index (χ4v) is 4.90. The van der Waals surface area contributed by atoms with Crippen LogP contribution in [0.15, 0.2) is 59.2 Å². The van der Waals surface area contributed by atoms with Gasteiger partial charge in [-0.1, -0.05) is 41.0 Å². The van der Waals surface area contributed by atoms with Crippen LogP contribution in [0.1, 0.15) is 11.4 Å². The number of carbonyl (C=O) groups excluding carboxylic acids is 2. The third-order valence-electron chi connectivity index (χ3n) is 4.84. The molecule has 2 amide bonds. The molecule has 204 valence electrons. The van der Waals surface area contributed by atoms with Gasteiger partial charge in [-0.25, -0.2) is 4.98 Å². The lowest BCUT2D eigenvalue weighted by molar-refractivity contribution is -0.137. The molecule has 0 radical (unpaired) electrons. The van der Waals surface area contributed by atoms with Gasteiger partial charge < -0.3 is 15.4 Å². The van der Waals surface area contributed by atoms with E-state index in [9.17, 15) is 22.8 Å². The highest BCUT2D eigenvalue weighted by Crippen LogP contribution is 2.32. The normalized spacial score (nSPS) is 11.3. The Morgan fingerprint density at radius 1 is 1.10 bits per heavy atom. The number of rotatable bonds is 10. The highest BCUT2D eigenvalue weighted by atomic mass is 35.5. The molecule has 4 aromatic rings. The summed E-state index contributed by atoms with van der Waals surface area (Å²) in [4.78, 5) is 28.7. The summed E-state index contributed by atoms with van der Waals surface area (Å²) in [5.41, 5.74) is -0.777. The largest absolute Gasteiger partial charge is 0.482 e. The summed E-state index contributed by atoms with van der Waals surface area (Å²) < 4.78 is 46.9. The van der Waals surface area contributed by atoms with E-state index in [-0.39, 0.29) is 45.6 Å². The summed E-state index contributed by atoms with van der Waals surface area (Å²) in [6, 6.07) is 9.07. The molecule has 0 fully saturated rings. The molecular formula is C23H17Cl2F3N6O3S2. The van der Waals surface area contributed by atoms with E-state index >= 15 is 0 Å². The van der Waals surface area contributed by atoms with Crippen molar-refractivity contribution in [2.45, 2.75) is 17.9 Å².